The van der Waals surface area contributed by atoms with Gasteiger partial charge in [0.25, 0.3) is 5.91 Å². The topological polar surface area (TPSA) is 122 Å². The molecule has 1 aromatic heterocycles. The summed E-state index contributed by atoms with van der Waals surface area (Å²) in [5.74, 6) is -0.488. The first-order chi connectivity index (χ1) is 15.6. The van der Waals surface area contributed by atoms with E-state index in [1.165, 1.54) is 0 Å². The molecule has 9 heteroatoms. The predicted molar refractivity (Wildman–Crippen MR) is 126 cm³/mol. The van der Waals surface area contributed by atoms with E-state index in [2.05, 4.69) is 10.6 Å². The van der Waals surface area contributed by atoms with E-state index in [4.69, 9.17) is 10.7 Å². The standard InChI is InChI=1S/C24H34N6O3/c1-6-12-29-13-16-18(22(32)28-19(23(33)26-5)24(2,3)4)27-21(15-10-8-7-9-11-15)30(16)14-17(29)20(25)31/h7-11,17,19H,6,12-14H2,1-5H3,(H2,25,31)(H,26,33)(H,28,32). The lowest BCUT2D eigenvalue weighted by Crippen LogP contribution is -2.53. The number of nitrogens with one attached hydrogen (secondary N) is 2. The first kappa shape index (κ1) is 24.4. The van der Waals surface area contributed by atoms with Crippen LogP contribution < -0.4 is 16.4 Å². The van der Waals surface area contributed by atoms with Crippen molar-refractivity contribution in [2.75, 3.05) is 13.6 Å². The third-order valence-electron chi connectivity index (χ3n) is 5.96. The monoisotopic (exact) mass is 454 g/mol. The quantitative estimate of drug-likeness (QED) is 0.585. The minimum Gasteiger partial charge on any atom is -0.368 e. The van der Waals surface area contributed by atoms with Crippen LogP contribution in [0, 0.1) is 5.41 Å². The Labute approximate surface area is 194 Å². The minimum atomic E-state index is -0.735. The van der Waals surface area contributed by atoms with Crippen LogP contribution in [0.2, 0.25) is 0 Å². The van der Waals surface area contributed by atoms with Crippen LogP contribution in [0.3, 0.4) is 0 Å². The van der Waals surface area contributed by atoms with Gasteiger partial charge in [-0.3, -0.25) is 19.3 Å². The average Bonchev–Trinajstić information content (AvgIpc) is 3.15. The van der Waals surface area contributed by atoms with E-state index in [1.807, 2.05) is 67.5 Å². The molecule has 0 saturated carbocycles. The number of amides is 3. The highest BCUT2D eigenvalue weighted by Gasteiger charge is 2.37. The van der Waals surface area contributed by atoms with Crippen molar-refractivity contribution in [3.8, 4) is 11.4 Å². The zero-order chi connectivity index (χ0) is 24.3. The number of benzene rings is 1. The summed E-state index contributed by atoms with van der Waals surface area (Å²) in [6, 6.07) is 8.31. The van der Waals surface area contributed by atoms with Gasteiger partial charge >= 0.3 is 0 Å². The van der Waals surface area contributed by atoms with Crippen molar-refractivity contribution in [2.45, 2.75) is 59.3 Å². The second kappa shape index (κ2) is 9.74. The highest BCUT2D eigenvalue weighted by molar-refractivity contribution is 5.98. The molecule has 33 heavy (non-hydrogen) atoms. The fourth-order valence-electron chi connectivity index (χ4n) is 4.23. The van der Waals surface area contributed by atoms with E-state index in [1.54, 1.807) is 7.05 Å². The first-order valence-corrected chi connectivity index (χ1v) is 11.3. The zero-order valence-electron chi connectivity index (χ0n) is 20.0. The molecule has 0 fully saturated rings. The van der Waals surface area contributed by atoms with Gasteiger partial charge < -0.3 is 20.9 Å². The fraction of sp³-hybridized carbons (Fsp3) is 0.500. The smallest absolute Gasteiger partial charge is 0.272 e. The van der Waals surface area contributed by atoms with Crippen molar-refractivity contribution < 1.29 is 14.4 Å². The summed E-state index contributed by atoms with van der Waals surface area (Å²) in [5, 5.41) is 5.51. The van der Waals surface area contributed by atoms with E-state index in [9.17, 15) is 14.4 Å². The average molecular weight is 455 g/mol. The molecule has 2 unspecified atom stereocenters. The molecule has 1 aromatic carbocycles. The number of aromatic nitrogens is 2. The number of likely N-dealkylation sites (N-methyl/N-ethyl adjacent to an activating group) is 1. The molecule has 3 amide bonds. The Morgan fingerprint density at radius 1 is 1.21 bits per heavy atom. The van der Waals surface area contributed by atoms with E-state index in [-0.39, 0.29) is 11.6 Å². The largest absolute Gasteiger partial charge is 0.368 e. The molecular weight excluding hydrogens is 420 g/mol. The summed E-state index contributed by atoms with van der Waals surface area (Å²) in [7, 11) is 1.55. The molecule has 0 saturated heterocycles. The van der Waals surface area contributed by atoms with E-state index in [0.717, 1.165) is 12.0 Å². The molecular formula is C24H34N6O3. The summed E-state index contributed by atoms with van der Waals surface area (Å²) in [6.45, 7) is 9.06. The van der Waals surface area contributed by atoms with Crippen molar-refractivity contribution in [3.63, 3.8) is 0 Å². The van der Waals surface area contributed by atoms with Gasteiger partial charge in [-0.05, 0) is 18.4 Å². The Kier molecular flexibility index (Phi) is 7.22. The molecule has 178 valence electrons. The maximum Gasteiger partial charge on any atom is 0.272 e. The number of primary amides is 1. The minimum absolute atomic E-state index is 0.260. The van der Waals surface area contributed by atoms with Crippen molar-refractivity contribution in [3.05, 3.63) is 41.7 Å². The van der Waals surface area contributed by atoms with Crippen LogP contribution in [0.25, 0.3) is 11.4 Å². The molecule has 9 nitrogen and oxygen atoms in total. The van der Waals surface area contributed by atoms with Crippen LogP contribution >= 0.6 is 0 Å². The van der Waals surface area contributed by atoms with Gasteiger partial charge in [0.05, 0.1) is 5.69 Å². The summed E-state index contributed by atoms with van der Waals surface area (Å²) in [6.07, 6.45) is 0.841. The van der Waals surface area contributed by atoms with Gasteiger partial charge in [0, 0.05) is 25.7 Å². The van der Waals surface area contributed by atoms with E-state index >= 15 is 0 Å². The van der Waals surface area contributed by atoms with Gasteiger partial charge in [-0.2, -0.15) is 0 Å². The SMILES string of the molecule is CCCN1Cc2c(C(=O)NC(C(=O)NC)C(C)(C)C)nc(-c3ccccc3)n2CC1C(N)=O. The Balaban J connectivity index is 2.08. The Hall–Kier alpha value is -3.20. The van der Waals surface area contributed by atoms with Gasteiger partial charge in [0.1, 0.15) is 17.9 Å². The lowest BCUT2D eigenvalue weighted by Gasteiger charge is -2.35. The lowest BCUT2D eigenvalue weighted by molar-refractivity contribution is -0.125. The number of rotatable bonds is 7. The number of imidazole rings is 1. The molecule has 2 heterocycles. The number of hydrogen-bond donors (Lipinski definition) is 3. The van der Waals surface area contributed by atoms with Gasteiger partial charge in [-0.1, -0.05) is 58.0 Å². The number of nitrogens with two attached hydrogens (primary N) is 1. The Morgan fingerprint density at radius 2 is 1.88 bits per heavy atom. The first-order valence-electron chi connectivity index (χ1n) is 11.3. The molecule has 1 aliphatic rings. The van der Waals surface area contributed by atoms with Crippen LogP contribution in [0.5, 0.6) is 0 Å². The summed E-state index contributed by atoms with van der Waals surface area (Å²) < 4.78 is 1.91. The molecule has 3 rings (SSSR count). The number of hydrogen-bond acceptors (Lipinski definition) is 5. The van der Waals surface area contributed by atoms with Crippen LogP contribution in [0.15, 0.2) is 30.3 Å². The molecule has 0 radical (unpaired) electrons. The van der Waals surface area contributed by atoms with Crippen LogP contribution in [-0.4, -0.2) is 57.8 Å². The second-order valence-corrected chi connectivity index (χ2v) is 9.48. The number of carbonyl (C=O) groups excluding carboxylic acids is 3. The second-order valence-electron chi connectivity index (χ2n) is 9.48. The van der Waals surface area contributed by atoms with E-state index < -0.39 is 29.3 Å². The Bertz CT molecular complexity index is 1020. The number of nitrogens with zero attached hydrogens (tertiary/aromatic N) is 3. The summed E-state index contributed by atoms with van der Waals surface area (Å²) >= 11 is 0. The fourth-order valence-corrected chi connectivity index (χ4v) is 4.23. The third-order valence-corrected chi connectivity index (χ3v) is 5.96. The zero-order valence-corrected chi connectivity index (χ0v) is 20.0. The number of fused-ring (bicyclic) bond motifs is 1. The van der Waals surface area contributed by atoms with Crippen LogP contribution in [0.1, 0.15) is 50.3 Å². The van der Waals surface area contributed by atoms with Gasteiger partial charge in [0.15, 0.2) is 5.69 Å². The van der Waals surface area contributed by atoms with Crippen molar-refractivity contribution in [1.82, 2.24) is 25.1 Å². The van der Waals surface area contributed by atoms with Crippen molar-refractivity contribution in [1.29, 1.82) is 0 Å². The molecule has 0 aliphatic carbocycles. The molecule has 2 atom stereocenters. The van der Waals surface area contributed by atoms with Crippen LogP contribution in [0.4, 0.5) is 0 Å². The highest BCUT2D eigenvalue weighted by Crippen LogP contribution is 2.29. The van der Waals surface area contributed by atoms with E-state index in [0.29, 0.717) is 31.2 Å². The molecule has 1 aliphatic heterocycles. The lowest BCUT2D eigenvalue weighted by atomic mass is 9.86. The predicted octanol–water partition coefficient (Wildman–Crippen LogP) is 1.52. The molecule has 4 N–H and O–H groups in total. The third kappa shape index (κ3) is 5.08. The summed E-state index contributed by atoms with van der Waals surface area (Å²) in [4.78, 5) is 44.9. The molecule has 2 aromatic rings. The normalized spacial score (nSPS) is 17.2. The number of carbonyl (C=O) groups is 3. The van der Waals surface area contributed by atoms with Crippen molar-refractivity contribution >= 4 is 17.7 Å². The summed E-state index contributed by atoms with van der Waals surface area (Å²) in [5.41, 5.74) is 7.03. The molecule has 0 spiro atoms. The Morgan fingerprint density at radius 3 is 2.42 bits per heavy atom. The maximum absolute atomic E-state index is 13.4. The van der Waals surface area contributed by atoms with Gasteiger partial charge in [0.2, 0.25) is 11.8 Å². The highest BCUT2D eigenvalue weighted by atomic mass is 16.2. The maximum atomic E-state index is 13.4. The van der Waals surface area contributed by atoms with Gasteiger partial charge in [-0.25, -0.2) is 4.98 Å². The van der Waals surface area contributed by atoms with Crippen molar-refractivity contribution in [2.24, 2.45) is 11.1 Å². The van der Waals surface area contributed by atoms with Gasteiger partial charge in [-0.15, -0.1) is 0 Å². The van der Waals surface area contributed by atoms with Crippen LogP contribution in [-0.2, 0) is 22.7 Å². The molecule has 0 bridgehead atoms.